The maximum Gasteiger partial charge on any atom is 0.308 e. The van der Waals surface area contributed by atoms with Gasteiger partial charge in [-0.15, -0.1) is 0 Å². The second-order valence-corrected chi connectivity index (χ2v) is 3.96. The number of pyridine rings is 1. The minimum absolute atomic E-state index is 0.156. The molecule has 0 bridgehead atoms. The van der Waals surface area contributed by atoms with E-state index in [1.165, 1.54) is 12.3 Å². The number of rotatable bonds is 4. The summed E-state index contributed by atoms with van der Waals surface area (Å²) in [5, 5.41) is 9.57. The minimum Gasteiger partial charge on any atom is -0.466 e. The highest BCUT2D eigenvalue weighted by atomic mass is 79.9. The van der Waals surface area contributed by atoms with Crippen LogP contribution < -0.4 is 0 Å². The van der Waals surface area contributed by atoms with E-state index in [-0.39, 0.29) is 18.7 Å². The van der Waals surface area contributed by atoms with Crippen LogP contribution in [0.5, 0.6) is 0 Å². The minimum atomic E-state index is -1.29. The van der Waals surface area contributed by atoms with Crippen LogP contribution in [0.25, 0.3) is 0 Å². The first-order valence-corrected chi connectivity index (χ1v) is 5.48. The van der Waals surface area contributed by atoms with Gasteiger partial charge in [0.2, 0.25) is 0 Å². The standard InChI is InChI=1S/C10H11BrFNO3/c1-2-16-9(15)4-8(14)10-7(12)3-6(11)5-13-10/h3,5,8,14H,2,4H2,1H3. The van der Waals surface area contributed by atoms with Crippen molar-refractivity contribution in [2.75, 3.05) is 6.61 Å². The van der Waals surface area contributed by atoms with Crippen LogP contribution in [0.2, 0.25) is 0 Å². The fourth-order valence-corrected chi connectivity index (χ4v) is 1.45. The highest BCUT2D eigenvalue weighted by Gasteiger charge is 2.19. The highest BCUT2D eigenvalue weighted by molar-refractivity contribution is 9.10. The topological polar surface area (TPSA) is 59.4 Å². The lowest BCUT2D eigenvalue weighted by molar-refractivity contribution is -0.145. The van der Waals surface area contributed by atoms with Crippen molar-refractivity contribution in [2.24, 2.45) is 0 Å². The molecule has 0 saturated heterocycles. The smallest absolute Gasteiger partial charge is 0.308 e. The second-order valence-electron chi connectivity index (χ2n) is 3.05. The SMILES string of the molecule is CCOC(=O)CC(O)c1ncc(Br)cc1F. The summed E-state index contributed by atoms with van der Waals surface area (Å²) in [6.45, 7) is 1.88. The molecule has 0 aliphatic heterocycles. The first-order chi connectivity index (χ1) is 7.54. The van der Waals surface area contributed by atoms with Crippen LogP contribution in [0.3, 0.4) is 0 Å². The molecule has 1 N–H and O–H groups in total. The summed E-state index contributed by atoms with van der Waals surface area (Å²) in [6.07, 6.45) is -0.237. The molecule has 0 aliphatic carbocycles. The Morgan fingerprint density at radius 2 is 2.44 bits per heavy atom. The predicted octanol–water partition coefficient (Wildman–Crippen LogP) is 1.97. The number of aliphatic hydroxyl groups excluding tert-OH is 1. The number of carbonyl (C=O) groups excluding carboxylic acids is 1. The van der Waals surface area contributed by atoms with Gasteiger partial charge in [0.25, 0.3) is 0 Å². The van der Waals surface area contributed by atoms with Crippen molar-refractivity contribution in [2.45, 2.75) is 19.4 Å². The molecule has 0 radical (unpaired) electrons. The molecule has 0 fully saturated rings. The van der Waals surface area contributed by atoms with Crippen molar-refractivity contribution in [3.63, 3.8) is 0 Å². The molecular formula is C10H11BrFNO3. The maximum atomic E-state index is 13.3. The lowest BCUT2D eigenvalue weighted by Crippen LogP contribution is -2.12. The van der Waals surface area contributed by atoms with Gasteiger partial charge in [-0.25, -0.2) is 4.39 Å². The molecule has 1 heterocycles. The lowest BCUT2D eigenvalue weighted by atomic mass is 10.1. The van der Waals surface area contributed by atoms with E-state index < -0.39 is 17.9 Å². The summed E-state index contributed by atoms with van der Waals surface area (Å²) < 4.78 is 18.4. The van der Waals surface area contributed by atoms with Gasteiger partial charge in [0.1, 0.15) is 17.6 Å². The molecule has 1 aromatic heterocycles. The third kappa shape index (κ3) is 3.53. The molecular weight excluding hydrogens is 281 g/mol. The van der Waals surface area contributed by atoms with Gasteiger partial charge in [-0.05, 0) is 28.9 Å². The number of halogens is 2. The third-order valence-electron chi connectivity index (χ3n) is 1.82. The first-order valence-electron chi connectivity index (χ1n) is 4.69. The van der Waals surface area contributed by atoms with Crippen LogP contribution in [-0.2, 0) is 9.53 Å². The summed E-state index contributed by atoms with van der Waals surface area (Å²) in [5.74, 6) is -1.25. The number of aromatic nitrogens is 1. The maximum absolute atomic E-state index is 13.3. The van der Waals surface area contributed by atoms with Crippen LogP contribution >= 0.6 is 15.9 Å². The van der Waals surface area contributed by atoms with Gasteiger partial charge in [0.05, 0.1) is 13.0 Å². The van der Waals surface area contributed by atoms with Gasteiger partial charge >= 0.3 is 5.97 Å². The Balaban J connectivity index is 2.72. The average Bonchev–Trinajstić information content (AvgIpc) is 2.17. The summed E-state index contributed by atoms with van der Waals surface area (Å²) in [7, 11) is 0. The molecule has 88 valence electrons. The van der Waals surface area contributed by atoms with E-state index in [0.717, 1.165) is 0 Å². The van der Waals surface area contributed by atoms with E-state index in [9.17, 15) is 14.3 Å². The number of carbonyl (C=O) groups is 1. The van der Waals surface area contributed by atoms with Gasteiger partial charge in [-0.2, -0.15) is 0 Å². The van der Waals surface area contributed by atoms with Gasteiger partial charge in [0, 0.05) is 10.7 Å². The first kappa shape index (κ1) is 13.1. The largest absolute Gasteiger partial charge is 0.466 e. The van der Waals surface area contributed by atoms with Crippen molar-refractivity contribution in [1.82, 2.24) is 4.98 Å². The van der Waals surface area contributed by atoms with Gasteiger partial charge in [-0.3, -0.25) is 9.78 Å². The average molecular weight is 292 g/mol. The van der Waals surface area contributed by atoms with Crippen LogP contribution in [-0.4, -0.2) is 22.7 Å². The second kappa shape index (κ2) is 5.91. The van der Waals surface area contributed by atoms with Crippen LogP contribution in [0.15, 0.2) is 16.7 Å². The van der Waals surface area contributed by atoms with Crippen LogP contribution in [0.4, 0.5) is 4.39 Å². The van der Waals surface area contributed by atoms with Gasteiger partial charge < -0.3 is 9.84 Å². The molecule has 0 aliphatic rings. The van der Waals surface area contributed by atoms with Crippen LogP contribution in [0, 0.1) is 5.82 Å². The summed E-state index contributed by atoms with van der Waals surface area (Å²) in [4.78, 5) is 14.8. The Labute approximate surface area is 101 Å². The van der Waals surface area contributed by atoms with E-state index in [0.29, 0.717) is 4.47 Å². The normalized spacial score (nSPS) is 12.2. The van der Waals surface area contributed by atoms with Gasteiger partial charge in [-0.1, -0.05) is 0 Å². The fourth-order valence-electron chi connectivity index (χ4n) is 1.14. The van der Waals surface area contributed by atoms with E-state index in [1.807, 2.05) is 0 Å². The zero-order chi connectivity index (χ0) is 12.1. The van der Waals surface area contributed by atoms with Crippen molar-refractivity contribution >= 4 is 21.9 Å². The zero-order valence-electron chi connectivity index (χ0n) is 8.61. The summed E-state index contributed by atoms with van der Waals surface area (Å²) >= 11 is 3.05. The van der Waals surface area contributed by atoms with E-state index >= 15 is 0 Å². The fraction of sp³-hybridized carbons (Fsp3) is 0.400. The zero-order valence-corrected chi connectivity index (χ0v) is 10.2. The monoisotopic (exact) mass is 291 g/mol. The Morgan fingerprint density at radius 1 is 1.75 bits per heavy atom. The third-order valence-corrected chi connectivity index (χ3v) is 2.25. The van der Waals surface area contributed by atoms with Crippen LogP contribution in [0.1, 0.15) is 25.1 Å². The number of esters is 1. The van der Waals surface area contributed by atoms with Gasteiger partial charge in [0.15, 0.2) is 0 Å². The Bertz CT molecular complexity index is 386. The molecule has 16 heavy (non-hydrogen) atoms. The number of nitrogens with zero attached hydrogens (tertiary/aromatic N) is 1. The molecule has 4 nitrogen and oxygen atoms in total. The van der Waals surface area contributed by atoms with Crippen molar-refractivity contribution in [3.8, 4) is 0 Å². The number of aliphatic hydroxyl groups is 1. The molecule has 1 unspecified atom stereocenters. The molecule has 1 rings (SSSR count). The van der Waals surface area contributed by atoms with E-state index in [4.69, 9.17) is 0 Å². The summed E-state index contributed by atoms with van der Waals surface area (Å²) in [6, 6.07) is 1.18. The summed E-state index contributed by atoms with van der Waals surface area (Å²) in [5.41, 5.74) is -0.156. The van der Waals surface area contributed by atoms with E-state index in [2.05, 4.69) is 25.7 Å². The highest BCUT2D eigenvalue weighted by Crippen LogP contribution is 2.20. The van der Waals surface area contributed by atoms with Crippen molar-refractivity contribution in [1.29, 1.82) is 0 Å². The Kier molecular flexibility index (Phi) is 4.82. The molecule has 6 heteroatoms. The number of ether oxygens (including phenoxy) is 1. The molecule has 1 aromatic rings. The quantitative estimate of drug-likeness (QED) is 0.862. The molecule has 0 saturated carbocycles. The van der Waals surface area contributed by atoms with E-state index in [1.54, 1.807) is 6.92 Å². The number of hydrogen-bond donors (Lipinski definition) is 1. The lowest BCUT2D eigenvalue weighted by Gasteiger charge is -2.10. The number of hydrogen-bond acceptors (Lipinski definition) is 4. The molecule has 0 spiro atoms. The Hall–Kier alpha value is -1.01. The molecule has 0 amide bonds. The predicted molar refractivity (Wildman–Crippen MR) is 58.1 cm³/mol. The Morgan fingerprint density at radius 3 is 3.00 bits per heavy atom. The molecule has 0 aromatic carbocycles. The molecule has 1 atom stereocenters. The van der Waals surface area contributed by atoms with Crippen molar-refractivity contribution in [3.05, 3.63) is 28.2 Å². The van der Waals surface area contributed by atoms with Crippen molar-refractivity contribution < 1.29 is 19.0 Å².